The van der Waals surface area contributed by atoms with Crippen LogP contribution in [0.4, 0.5) is 0 Å². The van der Waals surface area contributed by atoms with Crippen LogP contribution in [0, 0.1) is 0 Å². The van der Waals surface area contributed by atoms with Crippen LogP contribution >= 0.6 is 0 Å². The van der Waals surface area contributed by atoms with Crippen molar-refractivity contribution in [3.63, 3.8) is 0 Å². The number of carbonyl (C=O) groups excluding carboxylic acids is 1. The van der Waals surface area contributed by atoms with E-state index >= 15 is 0 Å². The van der Waals surface area contributed by atoms with Crippen LogP contribution in [0.25, 0.3) is 0 Å². The van der Waals surface area contributed by atoms with Crippen LogP contribution in [0.15, 0.2) is 0 Å². The molecule has 140 valence electrons. The summed E-state index contributed by atoms with van der Waals surface area (Å²) in [6.45, 7) is 1.18. The summed E-state index contributed by atoms with van der Waals surface area (Å²) in [4.78, 5) is 14.0. The highest BCUT2D eigenvalue weighted by molar-refractivity contribution is 7.91. The SMILES string of the molecule is CN(CCC(=O)NCCc1n[nH]c2c1CCCC2)[C@@H]1CCS(=O)(=O)C1. The molecule has 0 spiro atoms. The highest BCUT2D eigenvalue weighted by Gasteiger charge is 2.30. The highest BCUT2D eigenvalue weighted by Crippen LogP contribution is 2.22. The van der Waals surface area contributed by atoms with E-state index in [4.69, 9.17) is 0 Å². The lowest BCUT2D eigenvalue weighted by molar-refractivity contribution is -0.121. The maximum atomic E-state index is 12.0. The van der Waals surface area contributed by atoms with Gasteiger partial charge >= 0.3 is 0 Å². The van der Waals surface area contributed by atoms with Gasteiger partial charge in [0, 0.05) is 37.7 Å². The molecule has 1 fully saturated rings. The predicted octanol–water partition coefficient (Wildman–Crippen LogP) is 0.456. The normalized spacial score (nSPS) is 22.1. The molecule has 0 radical (unpaired) electrons. The van der Waals surface area contributed by atoms with Gasteiger partial charge in [-0.25, -0.2) is 8.42 Å². The van der Waals surface area contributed by atoms with Crippen LogP contribution in [0.5, 0.6) is 0 Å². The van der Waals surface area contributed by atoms with E-state index in [-0.39, 0.29) is 23.5 Å². The molecule has 1 aliphatic heterocycles. The zero-order valence-corrected chi connectivity index (χ0v) is 15.7. The monoisotopic (exact) mass is 368 g/mol. The molecular weight excluding hydrogens is 340 g/mol. The van der Waals surface area contributed by atoms with E-state index in [2.05, 4.69) is 15.5 Å². The first-order valence-corrected chi connectivity index (χ1v) is 11.0. The van der Waals surface area contributed by atoms with Gasteiger partial charge in [-0.15, -0.1) is 0 Å². The number of fused-ring (bicyclic) bond motifs is 1. The number of H-pyrrole nitrogens is 1. The van der Waals surface area contributed by atoms with E-state index in [1.807, 2.05) is 11.9 Å². The number of carbonyl (C=O) groups is 1. The van der Waals surface area contributed by atoms with E-state index in [1.165, 1.54) is 24.1 Å². The molecular formula is C17H28N4O3S. The first-order valence-electron chi connectivity index (χ1n) is 9.17. The Bertz CT molecular complexity index is 713. The number of nitrogens with zero attached hydrogens (tertiary/aromatic N) is 2. The van der Waals surface area contributed by atoms with E-state index in [1.54, 1.807) is 0 Å². The minimum atomic E-state index is -2.88. The summed E-state index contributed by atoms with van der Waals surface area (Å²) >= 11 is 0. The van der Waals surface area contributed by atoms with Crippen LogP contribution < -0.4 is 5.32 Å². The zero-order valence-electron chi connectivity index (χ0n) is 14.9. The second kappa shape index (κ2) is 7.86. The van der Waals surface area contributed by atoms with E-state index in [0.29, 0.717) is 25.9 Å². The molecule has 1 aromatic heterocycles. The Kier molecular flexibility index (Phi) is 5.78. The Morgan fingerprint density at radius 2 is 2.16 bits per heavy atom. The van der Waals surface area contributed by atoms with Crippen LogP contribution in [-0.4, -0.2) is 67.1 Å². The topological polar surface area (TPSA) is 95.2 Å². The fourth-order valence-corrected chi connectivity index (χ4v) is 5.55. The molecule has 25 heavy (non-hydrogen) atoms. The number of amides is 1. The number of hydrogen-bond donors (Lipinski definition) is 2. The second-order valence-corrected chi connectivity index (χ2v) is 9.45. The van der Waals surface area contributed by atoms with Crippen LogP contribution in [0.2, 0.25) is 0 Å². The number of sulfone groups is 1. The van der Waals surface area contributed by atoms with Gasteiger partial charge in [-0.05, 0) is 44.7 Å². The number of rotatable bonds is 7. The molecule has 8 heteroatoms. The Balaban J connectivity index is 1.36. The highest BCUT2D eigenvalue weighted by atomic mass is 32.2. The van der Waals surface area contributed by atoms with Gasteiger partial charge in [-0.2, -0.15) is 5.10 Å². The van der Waals surface area contributed by atoms with Crippen molar-refractivity contribution in [2.45, 2.75) is 51.0 Å². The molecule has 7 nitrogen and oxygen atoms in total. The van der Waals surface area contributed by atoms with E-state index < -0.39 is 9.84 Å². The van der Waals surface area contributed by atoms with Crippen molar-refractivity contribution < 1.29 is 13.2 Å². The molecule has 0 bridgehead atoms. The summed E-state index contributed by atoms with van der Waals surface area (Å²) in [6.07, 6.45) is 6.43. The van der Waals surface area contributed by atoms with Crippen molar-refractivity contribution in [3.8, 4) is 0 Å². The molecule has 2 N–H and O–H groups in total. The van der Waals surface area contributed by atoms with Gasteiger partial charge in [-0.3, -0.25) is 9.89 Å². The molecule has 1 atom stereocenters. The van der Waals surface area contributed by atoms with E-state index in [9.17, 15) is 13.2 Å². The number of nitrogens with one attached hydrogen (secondary N) is 2. The molecule has 1 saturated heterocycles. The summed E-state index contributed by atoms with van der Waals surface area (Å²) in [5, 5.41) is 10.5. The quantitative estimate of drug-likeness (QED) is 0.729. The summed E-state index contributed by atoms with van der Waals surface area (Å²) in [5.41, 5.74) is 3.70. The first-order chi connectivity index (χ1) is 11.9. The number of aromatic nitrogens is 2. The fourth-order valence-electron chi connectivity index (χ4n) is 3.75. The van der Waals surface area contributed by atoms with Crippen molar-refractivity contribution in [1.29, 1.82) is 0 Å². The summed E-state index contributed by atoms with van der Waals surface area (Å²) in [5.74, 6) is 0.495. The summed E-state index contributed by atoms with van der Waals surface area (Å²) in [6, 6.07) is 0.0494. The smallest absolute Gasteiger partial charge is 0.221 e. The van der Waals surface area contributed by atoms with Crippen molar-refractivity contribution >= 4 is 15.7 Å². The van der Waals surface area contributed by atoms with Gasteiger partial charge in [0.25, 0.3) is 0 Å². The largest absolute Gasteiger partial charge is 0.356 e. The lowest BCUT2D eigenvalue weighted by atomic mass is 9.95. The second-order valence-electron chi connectivity index (χ2n) is 7.22. The first kappa shape index (κ1) is 18.4. The Hall–Kier alpha value is -1.41. The Labute approximate surface area is 149 Å². The standard InChI is InChI=1S/C17H28N4O3S/c1-21(13-8-11-25(23,24)12-13)10-7-17(22)18-9-6-16-14-4-2-3-5-15(14)19-20-16/h13H,2-12H2,1H3,(H,18,22)(H,19,20)/t13-/m1/s1. The van der Waals surface area contributed by atoms with Crippen molar-refractivity contribution in [3.05, 3.63) is 17.0 Å². The molecule has 1 aliphatic carbocycles. The van der Waals surface area contributed by atoms with Gasteiger partial charge in [0.1, 0.15) is 0 Å². The third-order valence-electron chi connectivity index (χ3n) is 5.35. The zero-order chi connectivity index (χ0) is 17.9. The lowest BCUT2D eigenvalue weighted by Crippen LogP contribution is -2.36. The predicted molar refractivity (Wildman–Crippen MR) is 96.2 cm³/mol. The third-order valence-corrected chi connectivity index (χ3v) is 7.10. The Morgan fingerprint density at radius 3 is 2.92 bits per heavy atom. The molecule has 2 heterocycles. The average Bonchev–Trinajstić information content (AvgIpc) is 3.16. The molecule has 0 unspecified atom stereocenters. The maximum absolute atomic E-state index is 12.0. The molecule has 1 aromatic rings. The van der Waals surface area contributed by atoms with Gasteiger partial charge in [0.2, 0.25) is 5.91 Å². The Morgan fingerprint density at radius 1 is 1.36 bits per heavy atom. The lowest BCUT2D eigenvalue weighted by Gasteiger charge is -2.22. The summed E-state index contributed by atoms with van der Waals surface area (Å²) in [7, 11) is -0.981. The van der Waals surface area contributed by atoms with Gasteiger partial charge < -0.3 is 10.2 Å². The van der Waals surface area contributed by atoms with Gasteiger partial charge in [-0.1, -0.05) is 0 Å². The average molecular weight is 369 g/mol. The van der Waals surface area contributed by atoms with Crippen LogP contribution in [-0.2, 0) is 33.9 Å². The minimum Gasteiger partial charge on any atom is -0.356 e. The van der Waals surface area contributed by atoms with Gasteiger partial charge in [0.15, 0.2) is 9.84 Å². The number of aromatic amines is 1. The minimum absolute atomic E-state index is 0.0112. The van der Waals surface area contributed by atoms with Crippen molar-refractivity contribution in [2.75, 3.05) is 31.6 Å². The van der Waals surface area contributed by atoms with Crippen molar-refractivity contribution in [2.24, 2.45) is 0 Å². The maximum Gasteiger partial charge on any atom is 0.221 e. The van der Waals surface area contributed by atoms with Gasteiger partial charge in [0.05, 0.1) is 17.2 Å². The number of aryl methyl sites for hydroxylation is 1. The molecule has 2 aliphatic rings. The fraction of sp³-hybridized carbons (Fsp3) is 0.765. The molecule has 3 rings (SSSR count). The third kappa shape index (κ3) is 4.82. The van der Waals surface area contributed by atoms with Crippen LogP contribution in [0.1, 0.15) is 42.6 Å². The van der Waals surface area contributed by atoms with E-state index in [0.717, 1.165) is 25.0 Å². The van der Waals surface area contributed by atoms with Crippen molar-refractivity contribution in [1.82, 2.24) is 20.4 Å². The molecule has 0 aromatic carbocycles. The summed E-state index contributed by atoms with van der Waals surface area (Å²) < 4.78 is 23.1. The molecule has 1 amide bonds. The molecule has 0 saturated carbocycles. The number of hydrogen-bond acceptors (Lipinski definition) is 5. The van der Waals surface area contributed by atoms with Crippen LogP contribution in [0.3, 0.4) is 0 Å².